The van der Waals surface area contributed by atoms with Crippen LogP contribution >= 0.6 is 0 Å². The van der Waals surface area contributed by atoms with Gasteiger partial charge in [-0.05, 0) is 31.7 Å². The Morgan fingerprint density at radius 2 is 2.50 bits per heavy atom. The lowest BCUT2D eigenvalue weighted by Gasteiger charge is -2.10. The third-order valence-electron chi connectivity index (χ3n) is 3.06. The Hall–Kier alpha value is -0.0800. The molecule has 1 heterocycles. The average molecular weight is 141 g/mol. The number of aliphatic hydroxyl groups is 1. The zero-order valence-corrected chi connectivity index (χ0v) is 6.27. The van der Waals surface area contributed by atoms with Gasteiger partial charge in [-0.1, -0.05) is 0 Å². The Labute approximate surface area is 61.6 Å². The van der Waals surface area contributed by atoms with Crippen molar-refractivity contribution in [3.8, 4) is 0 Å². The summed E-state index contributed by atoms with van der Waals surface area (Å²) in [5.74, 6) is 0.840. The molecule has 0 aromatic heterocycles. The van der Waals surface area contributed by atoms with E-state index in [1.165, 1.54) is 19.3 Å². The van der Waals surface area contributed by atoms with Crippen molar-refractivity contribution in [2.24, 2.45) is 11.3 Å². The molecule has 2 atom stereocenters. The van der Waals surface area contributed by atoms with Crippen molar-refractivity contribution >= 4 is 0 Å². The van der Waals surface area contributed by atoms with Crippen LogP contribution in [0, 0.1) is 11.3 Å². The summed E-state index contributed by atoms with van der Waals surface area (Å²) in [5, 5.41) is 12.4. The predicted molar refractivity (Wildman–Crippen MR) is 39.7 cm³/mol. The molecular weight excluding hydrogens is 126 g/mol. The highest BCUT2D eigenvalue weighted by Gasteiger charge is 2.53. The standard InChI is InChI=1S/C8H15NO/c10-6-8-4-7(8)2-1-3-9-5-8/h7,9-10H,1-6H2. The van der Waals surface area contributed by atoms with E-state index in [1.54, 1.807) is 0 Å². The molecule has 0 spiro atoms. The molecule has 0 bridgehead atoms. The van der Waals surface area contributed by atoms with Gasteiger partial charge in [-0.3, -0.25) is 0 Å². The number of hydrogen-bond donors (Lipinski definition) is 2. The van der Waals surface area contributed by atoms with Gasteiger partial charge in [-0.2, -0.15) is 0 Å². The quantitative estimate of drug-likeness (QED) is 0.553. The maximum Gasteiger partial charge on any atom is 0.0502 e. The van der Waals surface area contributed by atoms with Crippen molar-refractivity contribution in [3.63, 3.8) is 0 Å². The van der Waals surface area contributed by atoms with Gasteiger partial charge in [0.15, 0.2) is 0 Å². The average Bonchev–Trinajstić information content (AvgIpc) is 2.59. The maximum atomic E-state index is 9.08. The third-order valence-corrected chi connectivity index (χ3v) is 3.06. The second-order valence-corrected chi connectivity index (χ2v) is 3.74. The van der Waals surface area contributed by atoms with E-state index in [1.807, 2.05) is 0 Å². The summed E-state index contributed by atoms with van der Waals surface area (Å²) >= 11 is 0. The fraction of sp³-hybridized carbons (Fsp3) is 1.00. The van der Waals surface area contributed by atoms with Crippen LogP contribution in [0.15, 0.2) is 0 Å². The summed E-state index contributed by atoms with van der Waals surface area (Å²) in [5.41, 5.74) is 0.316. The van der Waals surface area contributed by atoms with Crippen LogP contribution in [-0.4, -0.2) is 24.8 Å². The Morgan fingerprint density at radius 3 is 3.30 bits per heavy atom. The fourth-order valence-electron chi connectivity index (χ4n) is 2.12. The zero-order valence-electron chi connectivity index (χ0n) is 6.27. The summed E-state index contributed by atoms with van der Waals surface area (Å²) in [6.45, 7) is 2.59. The molecule has 1 saturated heterocycles. The van der Waals surface area contributed by atoms with Crippen molar-refractivity contribution in [1.29, 1.82) is 0 Å². The molecular formula is C8H15NO. The van der Waals surface area contributed by atoms with Gasteiger partial charge >= 0.3 is 0 Å². The highest BCUT2D eigenvalue weighted by atomic mass is 16.3. The lowest BCUT2D eigenvalue weighted by molar-refractivity contribution is 0.199. The second-order valence-electron chi connectivity index (χ2n) is 3.74. The summed E-state index contributed by atoms with van der Waals surface area (Å²) in [4.78, 5) is 0. The molecule has 0 radical (unpaired) electrons. The van der Waals surface area contributed by atoms with Gasteiger partial charge in [0.05, 0.1) is 6.61 Å². The van der Waals surface area contributed by atoms with E-state index in [-0.39, 0.29) is 0 Å². The van der Waals surface area contributed by atoms with Crippen molar-refractivity contribution in [2.75, 3.05) is 19.7 Å². The van der Waals surface area contributed by atoms with Crippen molar-refractivity contribution < 1.29 is 5.11 Å². The molecule has 0 amide bonds. The summed E-state index contributed by atoms with van der Waals surface area (Å²) in [6, 6.07) is 0. The summed E-state index contributed by atoms with van der Waals surface area (Å²) < 4.78 is 0. The van der Waals surface area contributed by atoms with Crippen LogP contribution in [0.25, 0.3) is 0 Å². The van der Waals surface area contributed by atoms with Crippen LogP contribution in [0.1, 0.15) is 19.3 Å². The molecule has 2 N–H and O–H groups in total. The zero-order chi connectivity index (χ0) is 7.03. The van der Waals surface area contributed by atoms with E-state index in [0.717, 1.165) is 19.0 Å². The number of nitrogens with one attached hydrogen (secondary N) is 1. The van der Waals surface area contributed by atoms with E-state index in [4.69, 9.17) is 5.11 Å². The SMILES string of the molecule is OCC12CNCCCC1C2. The first kappa shape index (κ1) is 6.62. The number of rotatable bonds is 1. The van der Waals surface area contributed by atoms with E-state index >= 15 is 0 Å². The fourth-order valence-corrected chi connectivity index (χ4v) is 2.12. The predicted octanol–water partition coefficient (Wildman–Crippen LogP) is 0.368. The van der Waals surface area contributed by atoms with Gasteiger partial charge in [0.2, 0.25) is 0 Å². The molecule has 1 aliphatic heterocycles. The van der Waals surface area contributed by atoms with Gasteiger partial charge in [-0.15, -0.1) is 0 Å². The van der Waals surface area contributed by atoms with Crippen molar-refractivity contribution in [2.45, 2.75) is 19.3 Å². The van der Waals surface area contributed by atoms with Gasteiger partial charge in [0.1, 0.15) is 0 Å². The van der Waals surface area contributed by atoms with Crippen LogP contribution in [0.5, 0.6) is 0 Å². The summed E-state index contributed by atoms with van der Waals surface area (Å²) in [7, 11) is 0. The van der Waals surface area contributed by atoms with E-state index in [2.05, 4.69) is 5.32 Å². The van der Waals surface area contributed by atoms with Crippen molar-refractivity contribution in [3.05, 3.63) is 0 Å². The lowest BCUT2D eigenvalue weighted by Crippen LogP contribution is -2.26. The van der Waals surface area contributed by atoms with Gasteiger partial charge in [0.25, 0.3) is 0 Å². The molecule has 10 heavy (non-hydrogen) atoms. The van der Waals surface area contributed by atoms with Crippen LogP contribution in [0.2, 0.25) is 0 Å². The van der Waals surface area contributed by atoms with E-state index in [0.29, 0.717) is 12.0 Å². The Bertz CT molecular complexity index is 135. The minimum atomic E-state index is 0.316. The minimum Gasteiger partial charge on any atom is -0.396 e. The second kappa shape index (κ2) is 2.21. The first-order valence-electron chi connectivity index (χ1n) is 4.19. The molecule has 0 aromatic rings. The number of fused-ring (bicyclic) bond motifs is 1. The molecule has 2 fully saturated rings. The molecule has 0 aromatic carbocycles. The highest BCUT2D eigenvalue weighted by molar-refractivity contribution is 5.04. The molecule has 2 unspecified atom stereocenters. The summed E-state index contributed by atoms with van der Waals surface area (Å²) in [6.07, 6.45) is 3.89. The highest BCUT2D eigenvalue weighted by Crippen LogP contribution is 2.54. The Morgan fingerprint density at radius 1 is 1.60 bits per heavy atom. The third kappa shape index (κ3) is 0.867. The maximum absolute atomic E-state index is 9.08. The Kier molecular flexibility index (Phi) is 1.46. The number of aliphatic hydroxyl groups excluding tert-OH is 1. The largest absolute Gasteiger partial charge is 0.396 e. The molecule has 2 heteroatoms. The van der Waals surface area contributed by atoms with E-state index in [9.17, 15) is 0 Å². The van der Waals surface area contributed by atoms with Gasteiger partial charge in [-0.25, -0.2) is 0 Å². The molecule has 2 nitrogen and oxygen atoms in total. The topological polar surface area (TPSA) is 32.3 Å². The number of hydrogen-bond acceptors (Lipinski definition) is 2. The monoisotopic (exact) mass is 141 g/mol. The van der Waals surface area contributed by atoms with Crippen LogP contribution in [0.3, 0.4) is 0 Å². The van der Waals surface area contributed by atoms with Gasteiger partial charge in [0, 0.05) is 12.0 Å². The van der Waals surface area contributed by atoms with Crippen LogP contribution in [0.4, 0.5) is 0 Å². The molecule has 58 valence electrons. The molecule has 1 aliphatic carbocycles. The van der Waals surface area contributed by atoms with Crippen LogP contribution in [-0.2, 0) is 0 Å². The van der Waals surface area contributed by atoms with Gasteiger partial charge < -0.3 is 10.4 Å². The minimum absolute atomic E-state index is 0.316. The molecule has 2 aliphatic rings. The lowest BCUT2D eigenvalue weighted by atomic mass is 10.0. The smallest absolute Gasteiger partial charge is 0.0502 e. The first-order valence-corrected chi connectivity index (χ1v) is 4.19. The molecule has 1 saturated carbocycles. The van der Waals surface area contributed by atoms with E-state index < -0.39 is 0 Å². The van der Waals surface area contributed by atoms with Crippen molar-refractivity contribution in [1.82, 2.24) is 5.32 Å². The first-order chi connectivity index (χ1) is 4.87. The Balaban J connectivity index is 1.99. The molecule has 2 rings (SSSR count). The normalized spacial score (nSPS) is 45.9. The van der Waals surface area contributed by atoms with Crippen LogP contribution < -0.4 is 5.32 Å².